The lowest BCUT2D eigenvalue weighted by molar-refractivity contribution is -0.157. The maximum atomic E-state index is 13.1. The summed E-state index contributed by atoms with van der Waals surface area (Å²) in [5.74, 6) is -0.801. The molecule has 0 spiro atoms. The van der Waals surface area contributed by atoms with Crippen LogP contribution in [0.4, 0.5) is 5.69 Å². The van der Waals surface area contributed by atoms with E-state index in [1.165, 1.54) is 28.8 Å². The number of thiophene rings is 1. The summed E-state index contributed by atoms with van der Waals surface area (Å²) in [5, 5.41) is 3.91. The van der Waals surface area contributed by atoms with E-state index in [1.807, 2.05) is 31.2 Å². The first-order valence-electron chi connectivity index (χ1n) is 13.5. The van der Waals surface area contributed by atoms with Gasteiger partial charge in [-0.05, 0) is 76.4 Å². The van der Waals surface area contributed by atoms with Gasteiger partial charge in [-0.2, -0.15) is 4.31 Å². The quantitative estimate of drug-likeness (QED) is 0.279. The molecule has 2 aromatic carbocycles. The number of carbonyl (C=O) groups excluding carboxylic acids is 2. The average Bonchev–Trinajstić information content (AvgIpc) is 3.27. The van der Waals surface area contributed by atoms with Gasteiger partial charge in [0.1, 0.15) is 11.4 Å². The van der Waals surface area contributed by atoms with E-state index in [1.54, 1.807) is 39.0 Å². The molecule has 0 aliphatic carbocycles. The van der Waals surface area contributed by atoms with Crippen molar-refractivity contribution in [2.24, 2.45) is 0 Å². The van der Waals surface area contributed by atoms with Gasteiger partial charge >= 0.3 is 11.9 Å². The topological polar surface area (TPSA) is 111 Å². The minimum atomic E-state index is -3.61. The van der Waals surface area contributed by atoms with Crippen LogP contribution >= 0.6 is 22.9 Å². The molecule has 1 fully saturated rings. The van der Waals surface area contributed by atoms with Gasteiger partial charge in [-0.25, -0.2) is 18.0 Å². The number of piperidine rings is 1. The van der Waals surface area contributed by atoms with Crippen LogP contribution in [0.3, 0.4) is 0 Å². The van der Waals surface area contributed by atoms with Crippen LogP contribution in [0.5, 0.6) is 5.75 Å². The van der Waals surface area contributed by atoms with Gasteiger partial charge in [-0.1, -0.05) is 29.8 Å². The van der Waals surface area contributed by atoms with E-state index in [0.29, 0.717) is 42.3 Å². The smallest absolute Gasteiger partial charge is 0.351 e. The second-order valence-electron chi connectivity index (χ2n) is 10.9. The van der Waals surface area contributed by atoms with Crippen molar-refractivity contribution < 1.29 is 32.2 Å². The van der Waals surface area contributed by atoms with Crippen LogP contribution in [-0.4, -0.2) is 63.1 Å². The molecule has 3 aromatic rings. The second-order valence-corrected chi connectivity index (χ2v) is 14.3. The monoisotopic (exact) mass is 634 g/mol. The molecule has 1 aliphatic rings. The lowest BCUT2D eigenvalue weighted by atomic mass is 10.0. The summed E-state index contributed by atoms with van der Waals surface area (Å²) in [6, 6.07) is 14.2. The number of esters is 2. The van der Waals surface area contributed by atoms with Crippen molar-refractivity contribution in [3.05, 3.63) is 64.0 Å². The molecular formula is C30H35ClN2O7S2. The van der Waals surface area contributed by atoms with Crippen LogP contribution in [0, 0.1) is 6.92 Å². The van der Waals surface area contributed by atoms with Crippen LogP contribution in [-0.2, 0) is 24.3 Å². The van der Waals surface area contributed by atoms with Gasteiger partial charge in [0.15, 0.2) is 11.5 Å². The van der Waals surface area contributed by atoms with Crippen molar-refractivity contribution >= 4 is 50.6 Å². The molecule has 0 unspecified atom stereocenters. The molecule has 1 aliphatic heterocycles. The lowest BCUT2D eigenvalue weighted by Gasteiger charge is -2.32. The zero-order valence-corrected chi connectivity index (χ0v) is 26.6. The molecule has 9 nitrogen and oxygen atoms in total. The number of methoxy groups -OCH3 is 1. The molecule has 12 heteroatoms. The Labute approximate surface area is 255 Å². The minimum absolute atomic E-state index is 0.0776. The molecule has 4 rings (SSSR count). The van der Waals surface area contributed by atoms with E-state index in [2.05, 4.69) is 5.32 Å². The maximum absolute atomic E-state index is 13.1. The molecule has 2 heterocycles. The SMILES string of the molecule is COC(=O)c1sc(-c2cccc(NC3CCN(S(=O)(=O)c4cccc(Cl)c4)CC3)c2)c(C)c1OCC(=O)OC(C)(C)C. The van der Waals surface area contributed by atoms with Crippen LogP contribution in [0.1, 0.15) is 48.8 Å². The van der Waals surface area contributed by atoms with E-state index >= 15 is 0 Å². The number of carbonyl (C=O) groups is 2. The van der Waals surface area contributed by atoms with Crippen molar-refractivity contribution in [1.29, 1.82) is 0 Å². The summed E-state index contributed by atoms with van der Waals surface area (Å²) in [4.78, 5) is 26.1. The average molecular weight is 635 g/mol. The van der Waals surface area contributed by atoms with Gasteiger partial charge in [0.25, 0.3) is 0 Å². The summed E-state index contributed by atoms with van der Waals surface area (Å²) in [5.41, 5.74) is 1.78. The van der Waals surface area contributed by atoms with Crippen LogP contribution in [0.2, 0.25) is 5.02 Å². The van der Waals surface area contributed by atoms with Crippen molar-refractivity contribution in [1.82, 2.24) is 4.31 Å². The second kappa shape index (κ2) is 13.0. The van der Waals surface area contributed by atoms with Crippen molar-refractivity contribution in [3.63, 3.8) is 0 Å². The molecule has 226 valence electrons. The summed E-state index contributed by atoms with van der Waals surface area (Å²) in [6.07, 6.45) is 1.27. The van der Waals surface area contributed by atoms with E-state index in [0.717, 1.165) is 16.1 Å². The first kappa shape index (κ1) is 31.8. The van der Waals surface area contributed by atoms with Crippen LogP contribution in [0.25, 0.3) is 10.4 Å². The number of nitrogens with one attached hydrogen (secondary N) is 1. The molecule has 1 saturated heterocycles. The fourth-order valence-corrected chi connectivity index (χ4v) is 7.62. The summed E-state index contributed by atoms with van der Waals surface area (Å²) in [6.45, 7) is 7.57. The number of hydrogen-bond acceptors (Lipinski definition) is 9. The molecule has 0 atom stereocenters. The Bertz CT molecular complexity index is 1560. The first-order chi connectivity index (χ1) is 19.8. The van der Waals surface area contributed by atoms with E-state index in [4.69, 9.17) is 25.8 Å². The maximum Gasteiger partial charge on any atom is 0.351 e. The number of halogens is 1. The highest BCUT2D eigenvalue weighted by Crippen LogP contribution is 2.42. The number of nitrogens with zero attached hydrogens (tertiary/aromatic N) is 1. The van der Waals surface area contributed by atoms with E-state index < -0.39 is 27.6 Å². The molecule has 0 bridgehead atoms. The normalized spacial score (nSPS) is 14.8. The molecule has 1 aromatic heterocycles. The Morgan fingerprint density at radius 3 is 2.43 bits per heavy atom. The van der Waals surface area contributed by atoms with Crippen molar-refractivity contribution in [2.75, 3.05) is 32.1 Å². The molecule has 0 radical (unpaired) electrons. The Kier molecular flexibility index (Phi) is 9.87. The van der Waals surface area contributed by atoms with Gasteiger partial charge in [0.05, 0.1) is 12.0 Å². The number of ether oxygens (including phenoxy) is 3. The van der Waals surface area contributed by atoms with Gasteiger partial charge in [0.2, 0.25) is 10.0 Å². The molecule has 0 saturated carbocycles. The molecular weight excluding hydrogens is 600 g/mol. The fourth-order valence-electron chi connectivity index (χ4n) is 4.68. The summed E-state index contributed by atoms with van der Waals surface area (Å²) >= 11 is 7.24. The Balaban J connectivity index is 1.47. The number of rotatable bonds is 9. The largest absolute Gasteiger partial charge is 0.480 e. The van der Waals surface area contributed by atoms with E-state index in [9.17, 15) is 18.0 Å². The van der Waals surface area contributed by atoms with Gasteiger partial charge in [-0.3, -0.25) is 0 Å². The Morgan fingerprint density at radius 1 is 1.10 bits per heavy atom. The fraction of sp³-hybridized carbons (Fsp3) is 0.400. The van der Waals surface area contributed by atoms with Crippen molar-refractivity contribution in [3.8, 4) is 16.2 Å². The number of benzene rings is 2. The standard InChI is InChI=1S/C30H35ClN2O7S2/c1-19-26(39-18-25(34)40-30(2,3)4)28(29(35)38-5)41-27(19)20-8-6-10-23(16-20)32-22-12-14-33(15-13-22)42(36,37)24-11-7-9-21(31)17-24/h6-11,16-17,22,32H,12-15,18H2,1-5H3. The Morgan fingerprint density at radius 2 is 1.79 bits per heavy atom. The predicted molar refractivity (Wildman–Crippen MR) is 164 cm³/mol. The predicted octanol–water partition coefficient (Wildman–Crippen LogP) is 6.15. The van der Waals surface area contributed by atoms with E-state index in [-0.39, 0.29) is 22.4 Å². The highest BCUT2D eigenvalue weighted by molar-refractivity contribution is 7.89. The van der Waals surface area contributed by atoms with Crippen LogP contribution < -0.4 is 10.1 Å². The molecule has 0 amide bonds. The zero-order chi connectivity index (χ0) is 30.7. The number of sulfonamides is 1. The van der Waals surface area contributed by atoms with Crippen LogP contribution in [0.15, 0.2) is 53.4 Å². The number of anilines is 1. The summed E-state index contributed by atoms with van der Waals surface area (Å²) < 4.78 is 43.7. The van der Waals surface area contributed by atoms with Gasteiger partial charge in [-0.15, -0.1) is 11.3 Å². The summed E-state index contributed by atoms with van der Waals surface area (Å²) in [7, 11) is -2.32. The lowest BCUT2D eigenvalue weighted by Crippen LogP contribution is -2.42. The third-order valence-electron chi connectivity index (χ3n) is 6.60. The minimum Gasteiger partial charge on any atom is -0.480 e. The Hall–Kier alpha value is -3.12. The zero-order valence-electron chi connectivity index (χ0n) is 24.2. The third-order valence-corrected chi connectivity index (χ3v) is 10.0. The van der Waals surface area contributed by atoms with Gasteiger partial charge in [0, 0.05) is 40.3 Å². The highest BCUT2D eigenvalue weighted by atomic mass is 35.5. The first-order valence-corrected chi connectivity index (χ1v) is 16.1. The van der Waals surface area contributed by atoms with Crippen molar-refractivity contribution in [2.45, 2.75) is 57.1 Å². The van der Waals surface area contributed by atoms with Gasteiger partial charge < -0.3 is 19.5 Å². The molecule has 1 N–H and O–H groups in total. The molecule has 42 heavy (non-hydrogen) atoms. The third kappa shape index (κ3) is 7.63. The highest BCUT2D eigenvalue weighted by Gasteiger charge is 2.30. The number of hydrogen-bond donors (Lipinski definition) is 1.